The molecule has 1 atom stereocenters. The van der Waals surface area contributed by atoms with E-state index < -0.39 is 24.1 Å². The van der Waals surface area contributed by atoms with Gasteiger partial charge in [-0.1, -0.05) is 13.3 Å². The largest absolute Gasteiger partial charge is 0.480 e. The highest BCUT2D eigenvalue weighted by Gasteiger charge is 2.57. The third-order valence-corrected chi connectivity index (χ3v) is 1.53. The van der Waals surface area contributed by atoms with Gasteiger partial charge in [-0.25, -0.2) is 4.79 Å². The standard InChI is InChI=1S/C6H10F3NO2/c1-2-3-5(10,4(11)12)6(7,8)9/h2-3,10H2,1H3,(H,11,12)/t5-/m1/s1. The molecule has 0 aromatic carbocycles. The van der Waals surface area contributed by atoms with Crippen molar-refractivity contribution in [2.45, 2.75) is 31.5 Å². The van der Waals surface area contributed by atoms with Crippen molar-refractivity contribution in [3.8, 4) is 0 Å². The average molecular weight is 185 g/mol. The monoisotopic (exact) mass is 185 g/mol. The molecule has 72 valence electrons. The SMILES string of the molecule is CCC[C@@](N)(C(=O)O)C(F)(F)F. The zero-order chi connectivity index (χ0) is 9.99. The smallest absolute Gasteiger partial charge is 0.417 e. The van der Waals surface area contributed by atoms with Crippen LogP contribution < -0.4 is 5.73 Å². The van der Waals surface area contributed by atoms with E-state index in [0.717, 1.165) is 0 Å². The van der Waals surface area contributed by atoms with Crippen LogP contribution in [0, 0.1) is 0 Å². The van der Waals surface area contributed by atoms with Crippen molar-refractivity contribution in [1.82, 2.24) is 0 Å². The van der Waals surface area contributed by atoms with Crippen LogP contribution >= 0.6 is 0 Å². The lowest BCUT2D eigenvalue weighted by molar-refractivity contribution is -0.203. The van der Waals surface area contributed by atoms with E-state index in [0.29, 0.717) is 0 Å². The summed E-state index contributed by atoms with van der Waals surface area (Å²) in [6, 6.07) is 0. The van der Waals surface area contributed by atoms with Crippen LogP contribution in [-0.4, -0.2) is 22.8 Å². The highest BCUT2D eigenvalue weighted by atomic mass is 19.4. The summed E-state index contributed by atoms with van der Waals surface area (Å²) in [4.78, 5) is 10.2. The van der Waals surface area contributed by atoms with Crippen LogP contribution in [0.5, 0.6) is 0 Å². The first-order valence-electron chi connectivity index (χ1n) is 3.34. The minimum atomic E-state index is -4.89. The van der Waals surface area contributed by atoms with Crippen molar-refractivity contribution in [3.05, 3.63) is 0 Å². The predicted octanol–water partition coefficient (Wildman–Crippen LogP) is 1.13. The van der Waals surface area contributed by atoms with Gasteiger partial charge in [0.25, 0.3) is 0 Å². The van der Waals surface area contributed by atoms with Gasteiger partial charge in [-0.15, -0.1) is 0 Å². The fraction of sp³-hybridized carbons (Fsp3) is 0.833. The van der Waals surface area contributed by atoms with Crippen molar-refractivity contribution < 1.29 is 23.1 Å². The molecular formula is C6H10F3NO2. The molecule has 3 nitrogen and oxygen atoms in total. The third-order valence-electron chi connectivity index (χ3n) is 1.53. The van der Waals surface area contributed by atoms with Crippen LogP contribution in [0.15, 0.2) is 0 Å². The van der Waals surface area contributed by atoms with Gasteiger partial charge < -0.3 is 10.8 Å². The lowest BCUT2D eigenvalue weighted by Crippen LogP contribution is -2.59. The topological polar surface area (TPSA) is 63.3 Å². The fourth-order valence-electron chi connectivity index (χ4n) is 0.764. The van der Waals surface area contributed by atoms with Crippen LogP contribution in [0.3, 0.4) is 0 Å². The molecule has 0 heterocycles. The summed E-state index contributed by atoms with van der Waals surface area (Å²) >= 11 is 0. The summed E-state index contributed by atoms with van der Waals surface area (Å²) < 4.78 is 36.1. The Balaban J connectivity index is 4.75. The predicted molar refractivity (Wildman–Crippen MR) is 35.5 cm³/mol. The number of carboxylic acid groups (broad SMARTS) is 1. The highest BCUT2D eigenvalue weighted by Crippen LogP contribution is 2.31. The van der Waals surface area contributed by atoms with Gasteiger partial charge in [0, 0.05) is 0 Å². The zero-order valence-corrected chi connectivity index (χ0v) is 6.48. The van der Waals surface area contributed by atoms with E-state index in [1.165, 1.54) is 6.92 Å². The Hall–Kier alpha value is -0.780. The molecule has 0 unspecified atom stereocenters. The minimum Gasteiger partial charge on any atom is -0.480 e. The molecule has 0 spiro atoms. The van der Waals surface area contributed by atoms with E-state index in [2.05, 4.69) is 0 Å². The number of carbonyl (C=O) groups is 1. The summed E-state index contributed by atoms with van der Waals surface area (Å²) in [5, 5.41) is 8.25. The highest BCUT2D eigenvalue weighted by molar-refractivity contribution is 5.79. The van der Waals surface area contributed by atoms with E-state index in [1.807, 2.05) is 0 Å². The Bertz CT molecular complexity index is 180. The summed E-state index contributed by atoms with van der Waals surface area (Å²) in [7, 11) is 0. The van der Waals surface area contributed by atoms with Gasteiger partial charge in [0.05, 0.1) is 0 Å². The zero-order valence-electron chi connectivity index (χ0n) is 6.48. The van der Waals surface area contributed by atoms with Crippen LogP contribution in [-0.2, 0) is 4.79 Å². The lowest BCUT2D eigenvalue weighted by atomic mass is 9.94. The molecule has 0 saturated heterocycles. The van der Waals surface area contributed by atoms with Gasteiger partial charge in [0.2, 0.25) is 5.54 Å². The molecule has 0 aromatic rings. The van der Waals surface area contributed by atoms with Crippen molar-refractivity contribution in [2.75, 3.05) is 0 Å². The number of aliphatic carboxylic acids is 1. The summed E-state index contributed by atoms with van der Waals surface area (Å²) in [6.45, 7) is 1.44. The van der Waals surface area contributed by atoms with Gasteiger partial charge in [-0.05, 0) is 6.42 Å². The molecule has 12 heavy (non-hydrogen) atoms. The lowest BCUT2D eigenvalue weighted by Gasteiger charge is -2.26. The first-order chi connectivity index (χ1) is 5.25. The third kappa shape index (κ3) is 1.88. The Labute approximate surface area is 67.4 Å². The molecule has 0 saturated carbocycles. The molecule has 0 bridgehead atoms. The molecule has 0 fully saturated rings. The minimum absolute atomic E-state index is 0.0717. The number of carboxylic acids is 1. The maximum absolute atomic E-state index is 12.0. The van der Waals surface area contributed by atoms with Crippen LogP contribution in [0.4, 0.5) is 13.2 Å². The van der Waals surface area contributed by atoms with Crippen LogP contribution in [0.2, 0.25) is 0 Å². The van der Waals surface area contributed by atoms with Crippen LogP contribution in [0.1, 0.15) is 19.8 Å². The average Bonchev–Trinajstić information content (AvgIpc) is 1.85. The van der Waals surface area contributed by atoms with Crippen molar-refractivity contribution in [3.63, 3.8) is 0 Å². The molecule has 3 N–H and O–H groups in total. The fourth-order valence-corrected chi connectivity index (χ4v) is 0.764. The molecule has 0 aliphatic carbocycles. The molecule has 6 heteroatoms. The Kier molecular flexibility index (Phi) is 3.09. The summed E-state index contributed by atoms with van der Waals surface area (Å²) in [6.07, 6.45) is -5.43. The first kappa shape index (κ1) is 11.2. The second-order valence-corrected chi connectivity index (χ2v) is 2.52. The number of halogens is 3. The van der Waals surface area contributed by atoms with Crippen molar-refractivity contribution in [2.24, 2.45) is 5.73 Å². The van der Waals surface area contributed by atoms with Gasteiger partial charge in [0.1, 0.15) is 0 Å². The molecular weight excluding hydrogens is 175 g/mol. The Morgan fingerprint density at radius 3 is 2.00 bits per heavy atom. The summed E-state index contributed by atoms with van der Waals surface area (Å²) in [5.74, 6) is -2.03. The number of hydrogen-bond acceptors (Lipinski definition) is 2. The molecule has 0 aliphatic heterocycles. The Morgan fingerprint density at radius 1 is 1.50 bits per heavy atom. The van der Waals surface area contributed by atoms with E-state index in [4.69, 9.17) is 10.8 Å². The number of rotatable bonds is 3. The first-order valence-corrected chi connectivity index (χ1v) is 3.34. The molecule has 0 aromatic heterocycles. The van der Waals surface area contributed by atoms with Gasteiger partial charge in [0.15, 0.2) is 0 Å². The van der Waals surface area contributed by atoms with Gasteiger partial charge in [-0.2, -0.15) is 13.2 Å². The van der Waals surface area contributed by atoms with Crippen molar-refractivity contribution in [1.29, 1.82) is 0 Å². The molecule has 0 aliphatic rings. The molecule has 0 amide bonds. The second-order valence-electron chi connectivity index (χ2n) is 2.52. The van der Waals surface area contributed by atoms with Crippen molar-refractivity contribution >= 4 is 5.97 Å². The van der Waals surface area contributed by atoms with Gasteiger partial charge in [-0.3, -0.25) is 0 Å². The number of hydrogen-bond donors (Lipinski definition) is 2. The molecule has 0 rings (SSSR count). The quantitative estimate of drug-likeness (QED) is 0.692. The van der Waals surface area contributed by atoms with Crippen LogP contribution in [0.25, 0.3) is 0 Å². The van der Waals surface area contributed by atoms with E-state index >= 15 is 0 Å². The van der Waals surface area contributed by atoms with E-state index in [-0.39, 0.29) is 6.42 Å². The number of alkyl halides is 3. The summed E-state index contributed by atoms with van der Waals surface area (Å²) in [5.41, 5.74) is 1.61. The van der Waals surface area contributed by atoms with E-state index in [1.54, 1.807) is 0 Å². The van der Waals surface area contributed by atoms with E-state index in [9.17, 15) is 18.0 Å². The second kappa shape index (κ2) is 3.30. The Morgan fingerprint density at radius 2 is 1.92 bits per heavy atom. The normalized spacial score (nSPS) is 17.1. The van der Waals surface area contributed by atoms with Gasteiger partial charge >= 0.3 is 12.1 Å². The number of nitrogens with two attached hydrogens (primary N) is 1. The maximum atomic E-state index is 12.0. The maximum Gasteiger partial charge on any atom is 0.417 e. The molecule has 0 radical (unpaired) electrons.